The molecule has 0 unspecified atom stereocenters. The van der Waals surface area contributed by atoms with E-state index in [0.29, 0.717) is 11.0 Å². The van der Waals surface area contributed by atoms with Gasteiger partial charge in [-0.05, 0) is 49.2 Å². The van der Waals surface area contributed by atoms with Crippen LogP contribution < -0.4 is 10.9 Å². The average molecular weight is 296 g/mol. The minimum atomic E-state index is -0.241. The van der Waals surface area contributed by atoms with E-state index in [0.717, 1.165) is 16.8 Å². The van der Waals surface area contributed by atoms with E-state index < -0.39 is 0 Å². The number of nitrogens with one attached hydrogen (secondary N) is 1. The summed E-state index contributed by atoms with van der Waals surface area (Å²) in [5.41, 5.74) is 3.18. The Morgan fingerprint density at radius 1 is 1.18 bits per heavy atom. The van der Waals surface area contributed by atoms with Gasteiger partial charge in [-0.1, -0.05) is 6.07 Å². The van der Waals surface area contributed by atoms with Crippen molar-refractivity contribution >= 4 is 22.6 Å². The number of hydrogen-bond donors (Lipinski definition) is 1. The van der Waals surface area contributed by atoms with Crippen molar-refractivity contribution in [1.29, 1.82) is 0 Å². The first kappa shape index (κ1) is 14.1. The molecule has 0 aliphatic rings. The lowest BCUT2D eigenvalue weighted by molar-refractivity contribution is -0.116. The number of aryl methyl sites for hydroxylation is 2. The van der Waals surface area contributed by atoms with Crippen LogP contribution >= 0.6 is 0 Å². The second-order valence-electron chi connectivity index (χ2n) is 5.37. The number of anilines is 1. The molecule has 0 spiro atoms. The van der Waals surface area contributed by atoms with Gasteiger partial charge < -0.3 is 14.3 Å². The van der Waals surface area contributed by atoms with Crippen molar-refractivity contribution in [3.63, 3.8) is 0 Å². The number of carbonyl (C=O) groups excluding carboxylic acids is 1. The maximum atomic E-state index is 12.2. The summed E-state index contributed by atoms with van der Waals surface area (Å²) in [5, 5.41) is 3.29. The van der Waals surface area contributed by atoms with Gasteiger partial charge in [-0.25, -0.2) is 0 Å². The maximum absolute atomic E-state index is 12.2. The summed E-state index contributed by atoms with van der Waals surface area (Å²) in [6, 6.07) is 9.11. The van der Waals surface area contributed by atoms with E-state index in [-0.39, 0.29) is 18.0 Å². The third-order valence-corrected chi connectivity index (χ3v) is 3.41. The second-order valence-corrected chi connectivity index (χ2v) is 5.37. The molecule has 5 nitrogen and oxygen atoms in total. The van der Waals surface area contributed by atoms with Crippen LogP contribution in [0.2, 0.25) is 0 Å². The standard InChI is InChI=1S/C17H16N2O3/c1-11-7-12(2)9-13(8-11)18-16(20)10-19-5-3-15-14(17(19)21)4-6-22-15/h3-9H,10H2,1-2H3,(H,18,20). The van der Waals surface area contributed by atoms with E-state index in [4.69, 9.17) is 4.42 Å². The Morgan fingerprint density at radius 3 is 2.64 bits per heavy atom. The number of fused-ring (bicyclic) bond motifs is 1. The third-order valence-electron chi connectivity index (χ3n) is 3.41. The van der Waals surface area contributed by atoms with E-state index in [2.05, 4.69) is 5.32 Å². The largest absolute Gasteiger partial charge is 0.464 e. The zero-order valence-corrected chi connectivity index (χ0v) is 12.4. The quantitative estimate of drug-likeness (QED) is 0.808. The van der Waals surface area contributed by atoms with Crippen LogP contribution in [0.3, 0.4) is 0 Å². The predicted octanol–water partition coefficient (Wildman–Crippen LogP) is 2.85. The molecule has 112 valence electrons. The fourth-order valence-corrected chi connectivity index (χ4v) is 2.53. The highest BCUT2D eigenvalue weighted by Gasteiger charge is 2.09. The van der Waals surface area contributed by atoms with Crippen molar-refractivity contribution in [3.05, 3.63) is 64.3 Å². The number of hydrogen-bond acceptors (Lipinski definition) is 3. The Balaban J connectivity index is 1.81. The molecule has 3 rings (SSSR count). The first-order valence-corrected chi connectivity index (χ1v) is 6.98. The Labute approximate surface area is 127 Å². The lowest BCUT2D eigenvalue weighted by Gasteiger charge is -2.09. The van der Waals surface area contributed by atoms with Crippen LogP contribution in [0.5, 0.6) is 0 Å². The van der Waals surface area contributed by atoms with Crippen molar-refractivity contribution in [2.75, 3.05) is 5.32 Å². The first-order valence-electron chi connectivity index (χ1n) is 6.98. The van der Waals surface area contributed by atoms with Gasteiger partial charge in [0.1, 0.15) is 12.1 Å². The monoisotopic (exact) mass is 296 g/mol. The summed E-state index contributed by atoms with van der Waals surface area (Å²) < 4.78 is 6.54. The van der Waals surface area contributed by atoms with Crippen molar-refractivity contribution in [3.8, 4) is 0 Å². The molecular weight excluding hydrogens is 280 g/mol. The lowest BCUT2D eigenvalue weighted by Crippen LogP contribution is -2.27. The summed E-state index contributed by atoms with van der Waals surface area (Å²) >= 11 is 0. The number of carbonyl (C=O) groups is 1. The number of amides is 1. The number of benzene rings is 1. The van der Waals surface area contributed by atoms with Crippen LogP contribution in [0, 0.1) is 13.8 Å². The predicted molar refractivity (Wildman–Crippen MR) is 85.0 cm³/mol. The first-order chi connectivity index (χ1) is 10.5. The molecule has 1 amide bonds. The van der Waals surface area contributed by atoms with E-state index in [9.17, 15) is 9.59 Å². The molecule has 0 saturated carbocycles. The molecule has 1 aromatic carbocycles. The third kappa shape index (κ3) is 2.79. The highest BCUT2D eigenvalue weighted by Crippen LogP contribution is 2.14. The van der Waals surface area contributed by atoms with Crippen LogP contribution in [-0.4, -0.2) is 10.5 Å². The van der Waals surface area contributed by atoms with Crippen LogP contribution in [-0.2, 0) is 11.3 Å². The Bertz CT molecular complexity index is 885. The van der Waals surface area contributed by atoms with Crippen LogP contribution in [0.15, 0.2) is 52.0 Å². The van der Waals surface area contributed by atoms with E-state index in [1.54, 1.807) is 18.3 Å². The SMILES string of the molecule is Cc1cc(C)cc(NC(=O)Cn2ccc3occc3c2=O)c1. The Kier molecular flexibility index (Phi) is 3.55. The van der Waals surface area contributed by atoms with Gasteiger partial charge in [-0.3, -0.25) is 9.59 Å². The van der Waals surface area contributed by atoms with E-state index >= 15 is 0 Å². The molecule has 3 aromatic rings. The minimum absolute atomic E-state index is 0.0348. The van der Waals surface area contributed by atoms with Gasteiger partial charge >= 0.3 is 0 Å². The molecule has 2 aromatic heterocycles. The Hall–Kier alpha value is -2.82. The smallest absolute Gasteiger partial charge is 0.262 e. The van der Waals surface area contributed by atoms with Crippen molar-refractivity contribution in [1.82, 2.24) is 4.57 Å². The second kappa shape index (κ2) is 5.52. The summed E-state index contributed by atoms with van der Waals surface area (Å²) in [5.74, 6) is -0.241. The number of aromatic nitrogens is 1. The molecule has 5 heteroatoms. The zero-order valence-electron chi connectivity index (χ0n) is 12.4. The molecule has 1 N–H and O–H groups in total. The summed E-state index contributed by atoms with van der Waals surface area (Å²) in [6.07, 6.45) is 3.03. The lowest BCUT2D eigenvalue weighted by atomic mass is 10.1. The van der Waals surface area contributed by atoms with Gasteiger partial charge in [0.25, 0.3) is 5.56 Å². The Morgan fingerprint density at radius 2 is 1.91 bits per heavy atom. The topological polar surface area (TPSA) is 64.2 Å². The minimum Gasteiger partial charge on any atom is -0.464 e. The van der Waals surface area contributed by atoms with Crippen LogP contribution in [0.1, 0.15) is 11.1 Å². The fourth-order valence-electron chi connectivity index (χ4n) is 2.53. The molecule has 0 aliphatic carbocycles. The van der Waals surface area contributed by atoms with Gasteiger partial charge in [-0.15, -0.1) is 0 Å². The number of rotatable bonds is 3. The summed E-state index contributed by atoms with van der Waals surface area (Å²) in [6.45, 7) is 3.91. The van der Waals surface area contributed by atoms with Crippen molar-refractivity contribution < 1.29 is 9.21 Å². The maximum Gasteiger partial charge on any atom is 0.262 e. The molecule has 22 heavy (non-hydrogen) atoms. The van der Waals surface area contributed by atoms with E-state index in [1.807, 2.05) is 32.0 Å². The highest BCUT2D eigenvalue weighted by atomic mass is 16.3. The normalized spacial score (nSPS) is 10.8. The molecule has 2 heterocycles. The van der Waals surface area contributed by atoms with Crippen molar-refractivity contribution in [2.45, 2.75) is 20.4 Å². The van der Waals surface area contributed by atoms with Gasteiger partial charge in [0, 0.05) is 11.9 Å². The number of nitrogens with zero attached hydrogens (tertiary/aromatic N) is 1. The van der Waals surface area contributed by atoms with E-state index in [1.165, 1.54) is 10.8 Å². The molecule has 0 fully saturated rings. The number of pyridine rings is 1. The van der Waals surface area contributed by atoms with Gasteiger partial charge in [0.05, 0.1) is 11.6 Å². The zero-order chi connectivity index (χ0) is 15.7. The van der Waals surface area contributed by atoms with Crippen LogP contribution in [0.25, 0.3) is 11.0 Å². The van der Waals surface area contributed by atoms with Crippen LogP contribution in [0.4, 0.5) is 5.69 Å². The summed E-state index contributed by atoms with van der Waals surface area (Å²) in [4.78, 5) is 24.3. The van der Waals surface area contributed by atoms with Gasteiger partial charge in [-0.2, -0.15) is 0 Å². The van der Waals surface area contributed by atoms with Gasteiger partial charge in [0.2, 0.25) is 5.91 Å². The molecule has 0 aliphatic heterocycles. The molecule has 0 atom stereocenters. The fraction of sp³-hybridized carbons (Fsp3) is 0.176. The van der Waals surface area contributed by atoms with Gasteiger partial charge in [0.15, 0.2) is 0 Å². The summed E-state index contributed by atoms with van der Waals surface area (Å²) in [7, 11) is 0. The molecule has 0 radical (unpaired) electrons. The molecular formula is C17H16N2O3. The molecule has 0 saturated heterocycles. The molecule has 0 bridgehead atoms. The average Bonchev–Trinajstić information content (AvgIpc) is 2.90. The van der Waals surface area contributed by atoms with Crippen molar-refractivity contribution in [2.24, 2.45) is 0 Å². The highest BCUT2D eigenvalue weighted by molar-refractivity contribution is 5.91. The number of furan rings is 1.